The highest BCUT2D eigenvalue weighted by molar-refractivity contribution is 6.02. The minimum atomic E-state index is -0.301. The summed E-state index contributed by atoms with van der Waals surface area (Å²) in [6.45, 7) is 3.70. The molecular weight excluding hydrogens is 266 g/mol. The number of aryl methyl sites for hydroxylation is 2. The molecule has 0 spiro atoms. The maximum atomic E-state index is 12.1. The van der Waals surface area contributed by atoms with Gasteiger partial charge in [-0.05, 0) is 38.1 Å². The highest BCUT2D eigenvalue weighted by Gasteiger charge is 2.14. The summed E-state index contributed by atoms with van der Waals surface area (Å²) in [6.07, 6.45) is 1.87. The molecule has 5 heteroatoms. The van der Waals surface area contributed by atoms with Crippen molar-refractivity contribution in [2.75, 3.05) is 5.32 Å². The monoisotopic (exact) mass is 281 g/mol. The minimum absolute atomic E-state index is 0.279. The molecule has 0 aliphatic carbocycles. The maximum absolute atomic E-state index is 12.1. The standard InChI is InChI=1S/C16H15N3O2/c1-11-10-19(13-6-4-3-5-7-13)18-15(11)17-16(20)14-9-8-12(2)21-14/h3-10H,1-2H3,(H,17,18,20). The molecule has 1 aromatic carbocycles. The fourth-order valence-corrected chi connectivity index (χ4v) is 2.02. The molecule has 0 bridgehead atoms. The number of aromatic nitrogens is 2. The molecule has 0 radical (unpaired) electrons. The van der Waals surface area contributed by atoms with Crippen LogP contribution in [0.5, 0.6) is 0 Å². The molecule has 0 saturated heterocycles. The average Bonchev–Trinajstić information content (AvgIpc) is 3.07. The largest absolute Gasteiger partial charge is 0.456 e. The molecule has 2 heterocycles. The van der Waals surface area contributed by atoms with Gasteiger partial charge in [-0.1, -0.05) is 18.2 Å². The fraction of sp³-hybridized carbons (Fsp3) is 0.125. The van der Waals surface area contributed by atoms with Crippen molar-refractivity contribution in [1.82, 2.24) is 9.78 Å². The number of benzene rings is 1. The molecule has 0 aliphatic heterocycles. The van der Waals surface area contributed by atoms with Crippen LogP contribution in [0, 0.1) is 13.8 Å². The predicted octanol–water partition coefficient (Wildman–Crippen LogP) is 3.33. The smallest absolute Gasteiger partial charge is 0.292 e. The molecule has 1 amide bonds. The number of amides is 1. The zero-order valence-corrected chi connectivity index (χ0v) is 11.8. The summed E-state index contributed by atoms with van der Waals surface area (Å²) >= 11 is 0. The van der Waals surface area contributed by atoms with Crippen LogP contribution in [0.1, 0.15) is 21.9 Å². The third-order valence-corrected chi connectivity index (χ3v) is 3.11. The Kier molecular flexibility index (Phi) is 3.31. The molecule has 0 unspecified atom stereocenters. The first-order valence-corrected chi connectivity index (χ1v) is 6.63. The van der Waals surface area contributed by atoms with E-state index in [-0.39, 0.29) is 11.7 Å². The number of nitrogens with zero attached hydrogens (tertiary/aromatic N) is 2. The second-order valence-corrected chi connectivity index (χ2v) is 4.81. The van der Waals surface area contributed by atoms with Crippen molar-refractivity contribution in [2.45, 2.75) is 13.8 Å². The van der Waals surface area contributed by atoms with Gasteiger partial charge < -0.3 is 9.73 Å². The summed E-state index contributed by atoms with van der Waals surface area (Å²) in [4.78, 5) is 12.1. The van der Waals surface area contributed by atoms with Crippen molar-refractivity contribution in [3.05, 3.63) is 65.7 Å². The van der Waals surface area contributed by atoms with E-state index in [4.69, 9.17) is 4.42 Å². The third kappa shape index (κ3) is 2.72. The Morgan fingerprint density at radius 3 is 2.57 bits per heavy atom. The van der Waals surface area contributed by atoms with E-state index in [1.165, 1.54) is 0 Å². The van der Waals surface area contributed by atoms with Crippen molar-refractivity contribution < 1.29 is 9.21 Å². The Morgan fingerprint density at radius 1 is 1.14 bits per heavy atom. The van der Waals surface area contributed by atoms with E-state index in [0.717, 1.165) is 11.3 Å². The van der Waals surface area contributed by atoms with Crippen molar-refractivity contribution in [3.63, 3.8) is 0 Å². The highest BCUT2D eigenvalue weighted by atomic mass is 16.3. The lowest BCUT2D eigenvalue weighted by molar-refractivity contribution is 0.0995. The van der Waals surface area contributed by atoms with Gasteiger partial charge in [0.2, 0.25) is 0 Å². The molecule has 0 atom stereocenters. The molecule has 3 rings (SSSR count). The Balaban J connectivity index is 1.84. The Bertz CT molecular complexity index is 772. The Labute approximate surface area is 122 Å². The molecule has 0 fully saturated rings. The molecule has 1 N–H and O–H groups in total. The highest BCUT2D eigenvalue weighted by Crippen LogP contribution is 2.17. The van der Waals surface area contributed by atoms with Crippen LogP contribution in [0.2, 0.25) is 0 Å². The Hall–Kier alpha value is -2.82. The number of furan rings is 1. The van der Waals surface area contributed by atoms with Crippen LogP contribution in [-0.2, 0) is 0 Å². The van der Waals surface area contributed by atoms with Crippen LogP contribution in [-0.4, -0.2) is 15.7 Å². The van der Waals surface area contributed by atoms with E-state index in [1.807, 2.05) is 43.5 Å². The number of carbonyl (C=O) groups excluding carboxylic acids is 1. The maximum Gasteiger partial charge on any atom is 0.292 e. The van der Waals surface area contributed by atoms with E-state index in [0.29, 0.717) is 11.6 Å². The molecule has 3 aromatic rings. The lowest BCUT2D eigenvalue weighted by atomic mass is 10.3. The number of hydrogen-bond donors (Lipinski definition) is 1. The molecule has 5 nitrogen and oxygen atoms in total. The molecular formula is C16H15N3O2. The summed E-state index contributed by atoms with van der Waals surface area (Å²) in [5, 5.41) is 7.16. The average molecular weight is 281 g/mol. The Morgan fingerprint density at radius 2 is 1.90 bits per heavy atom. The lowest BCUT2D eigenvalue weighted by Gasteiger charge is -2.01. The predicted molar refractivity (Wildman–Crippen MR) is 79.7 cm³/mol. The van der Waals surface area contributed by atoms with Gasteiger partial charge in [0.25, 0.3) is 5.91 Å². The quantitative estimate of drug-likeness (QED) is 0.801. The first-order valence-electron chi connectivity index (χ1n) is 6.63. The van der Waals surface area contributed by atoms with Crippen LogP contribution in [0.25, 0.3) is 5.69 Å². The SMILES string of the molecule is Cc1ccc(C(=O)Nc2nn(-c3ccccc3)cc2C)o1. The lowest BCUT2D eigenvalue weighted by Crippen LogP contribution is -2.12. The molecule has 0 saturated carbocycles. The summed E-state index contributed by atoms with van der Waals surface area (Å²) in [6, 6.07) is 13.1. The van der Waals surface area contributed by atoms with Gasteiger partial charge in [-0.3, -0.25) is 4.79 Å². The number of rotatable bonds is 3. The van der Waals surface area contributed by atoms with Crippen LogP contribution in [0.15, 0.2) is 53.1 Å². The van der Waals surface area contributed by atoms with Crippen LogP contribution < -0.4 is 5.32 Å². The van der Waals surface area contributed by atoms with Gasteiger partial charge in [-0.15, -0.1) is 5.10 Å². The van der Waals surface area contributed by atoms with Gasteiger partial charge in [0.05, 0.1) is 5.69 Å². The topological polar surface area (TPSA) is 60.1 Å². The van der Waals surface area contributed by atoms with Crippen molar-refractivity contribution in [3.8, 4) is 5.69 Å². The van der Waals surface area contributed by atoms with Crippen LogP contribution in [0.4, 0.5) is 5.82 Å². The zero-order chi connectivity index (χ0) is 14.8. The number of nitrogens with one attached hydrogen (secondary N) is 1. The van der Waals surface area contributed by atoms with Gasteiger partial charge in [0.15, 0.2) is 11.6 Å². The summed E-state index contributed by atoms with van der Waals surface area (Å²) in [7, 11) is 0. The fourth-order valence-electron chi connectivity index (χ4n) is 2.02. The second-order valence-electron chi connectivity index (χ2n) is 4.81. The van der Waals surface area contributed by atoms with Crippen molar-refractivity contribution in [2.24, 2.45) is 0 Å². The van der Waals surface area contributed by atoms with E-state index in [2.05, 4.69) is 10.4 Å². The first kappa shape index (κ1) is 13.2. The first-order chi connectivity index (χ1) is 10.1. The minimum Gasteiger partial charge on any atom is -0.456 e. The summed E-state index contributed by atoms with van der Waals surface area (Å²) in [5.74, 6) is 1.20. The number of carbonyl (C=O) groups is 1. The van der Waals surface area contributed by atoms with Crippen molar-refractivity contribution in [1.29, 1.82) is 0 Å². The number of para-hydroxylation sites is 1. The molecule has 2 aromatic heterocycles. The third-order valence-electron chi connectivity index (χ3n) is 3.11. The van der Waals surface area contributed by atoms with E-state index in [9.17, 15) is 4.79 Å². The van der Waals surface area contributed by atoms with E-state index >= 15 is 0 Å². The van der Waals surface area contributed by atoms with Gasteiger partial charge in [0, 0.05) is 11.8 Å². The normalized spacial score (nSPS) is 10.6. The van der Waals surface area contributed by atoms with E-state index < -0.39 is 0 Å². The van der Waals surface area contributed by atoms with Gasteiger partial charge >= 0.3 is 0 Å². The van der Waals surface area contributed by atoms with Crippen LogP contribution >= 0.6 is 0 Å². The molecule has 0 aliphatic rings. The van der Waals surface area contributed by atoms with Crippen LogP contribution in [0.3, 0.4) is 0 Å². The van der Waals surface area contributed by atoms with Gasteiger partial charge in [-0.25, -0.2) is 4.68 Å². The van der Waals surface area contributed by atoms with Gasteiger partial charge in [0.1, 0.15) is 5.76 Å². The van der Waals surface area contributed by atoms with Gasteiger partial charge in [-0.2, -0.15) is 0 Å². The van der Waals surface area contributed by atoms with E-state index in [1.54, 1.807) is 23.7 Å². The molecule has 106 valence electrons. The summed E-state index contributed by atoms with van der Waals surface area (Å²) < 4.78 is 7.04. The molecule has 21 heavy (non-hydrogen) atoms. The number of hydrogen-bond acceptors (Lipinski definition) is 3. The second kappa shape index (κ2) is 5.28. The zero-order valence-electron chi connectivity index (χ0n) is 11.8. The van der Waals surface area contributed by atoms with Crippen molar-refractivity contribution >= 4 is 11.7 Å². The number of anilines is 1. The summed E-state index contributed by atoms with van der Waals surface area (Å²) in [5.41, 5.74) is 1.82.